The summed E-state index contributed by atoms with van der Waals surface area (Å²) in [5, 5.41) is 14.2. The molecule has 0 fully saturated rings. The van der Waals surface area contributed by atoms with E-state index < -0.39 is 14.9 Å². The summed E-state index contributed by atoms with van der Waals surface area (Å²) in [4.78, 5) is 12.2. The van der Waals surface area contributed by atoms with Crippen LogP contribution in [0.5, 0.6) is 0 Å². The number of nitrogens with zero attached hydrogens (tertiary/aromatic N) is 2. The number of sulfonamides is 1. The van der Waals surface area contributed by atoms with Crippen LogP contribution in [0.3, 0.4) is 0 Å². The van der Waals surface area contributed by atoms with Gasteiger partial charge in [-0.2, -0.15) is 13.5 Å². The van der Waals surface area contributed by atoms with Crippen molar-refractivity contribution >= 4 is 21.9 Å². The molecule has 2 aromatic rings. The molecule has 0 bridgehead atoms. The lowest BCUT2D eigenvalue weighted by molar-refractivity contribution is -0.384. The number of nitrogens with one attached hydrogen (secondary N) is 1. The maximum atomic E-state index is 11.9. The Balaban J connectivity index is 2.13. The quantitative estimate of drug-likeness (QED) is 0.518. The first-order valence-corrected chi connectivity index (χ1v) is 7.32. The van der Waals surface area contributed by atoms with Gasteiger partial charge in [-0.15, -0.1) is 0 Å². The zero-order valence-electron chi connectivity index (χ0n) is 10.7. The summed E-state index contributed by atoms with van der Waals surface area (Å²) >= 11 is 0. The van der Waals surface area contributed by atoms with Crippen LogP contribution in [0, 0.1) is 10.1 Å². The molecule has 0 unspecified atom stereocenters. The standard InChI is InChI=1S/C13H11N3O4S/c17-16(18)12-6-4-5-11(9-12)10-14-15-21(19,20)13-7-2-1-3-8-13/h1-10,15H/b14-10-. The highest BCUT2D eigenvalue weighted by Gasteiger charge is 2.11. The van der Waals surface area contributed by atoms with Gasteiger partial charge >= 0.3 is 0 Å². The molecule has 0 saturated carbocycles. The lowest BCUT2D eigenvalue weighted by Crippen LogP contribution is -2.18. The Kier molecular flexibility index (Phi) is 4.29. The highest BCUT2D eigenvalue weighted by molar-refractivity contribution is 7.89. The molecule has 0 atom stereocenters. The van der Waals surface area contributed by atoms with E-state index in [1.165, 1.54) is 36.5 Å². The van der Waals surface area contributed by atoms with E-state index >= 15 is 0 Å². The van der Waals surface area contributed by atoms with Crippen LogP contribution in [-0.2, 0) is 10.0 Å². The monoisotopic (exact) mass is 305 g/mol. The predicted molar refractivity (Wildman–Crippen MR) is 77.5 cm³/mol. The molecule has 0 spiro atoms. The van der Waals surface area contributed by atoms with Gasteiger partial charge in [-0.25, -0.2) is 4.83 Å². The number of nitro benzene ring substituents is 1. The van der Waals surface area contributed by atoms with Crippen molar-refractivity contribution in [1.29, 1.82) is 0 Å². The van der Waals surface area contributed by atoms with Crippen molar-refractivity contribution in [1.82, 2.24) is 4.83 Å². The molecule has 0 radical (unpaired) electrons. The Bertz CT molecular complexity index is 773. The molecule has 0 aliphatic rings. The molecule has 0 aliphatic heterocycles. The minimum absolute atomic E-state index is 0.0844. The summed E-state index contributed by atoms with van der Waals surface area (Å²) in [6.45, 7) is 0. The molecule has 21 heavy (non-hydrogen) atoms. The van der Waals surface area contributed by atoms with Crippen molar-refractivity contribution in [3.05, 3.63) is 70.3 Å². The minimum Gasteiger partial charge on any atom is -0.258 e. The van der Waals surface area contributed by atoms with Crippen molar-refractivity contribution < 1.29 is 13.3 Å². The third-order valence-corrected chi connectivity index (χ3v) is 3.76. The van der Waals surface area contributed by atoms with Crippen molar-refractivity contribution in [3.8, 4) is 0 Å². The zero-order chi connectivity index (χ0) is 15.3. The second-order valence-corrected chi connectivity index (χ2v) is 5.68. The first-order valence-electron chi connectivity index (χ1n) is 5.83. The number of benzene rings is 2. The number of hydrogen-bond acceptors (Lipinski definition) is 5. The Hall–Kier alpha value is -2.74. The normalized spacial score (nSPS) is 11.4. The van der Waals surface area contributed by atoms with Crippen LogP contribution in [0.1, 0.15) is 5.56 Å². The Morgan fingerprint density at radius 2 is 1.81 bits per heavy atom. The van der Waals surface area contributed by atoms with E-state index in [1.54, 1.807) is 24.3 Å². The average molecular weight is 305 g/mol. The molecule has 0 amide bonds. The second-order valence-electron chi connectivity index (χ2n) is 4.02. The van der Waals surface area contributed by atoms with Gasteiger partial charge in [0.1, 0.15) is 0 Å². The molecule has 2 aromatic carbocycles. The highest BCUT2D eigenvalue weighted by Crippen LogP contribution is 2.11. The fraction of sp³-hybridized carbons (Fsp3) is 0. The van der Waals surface area contributed by atoms with Gasteiger partial charge in [0.25, 0.3) is 15.7 Å². The number of hydrogen-bond donors (Lipinski definition) is 1. The molecule has 0 aliphatic carbocycles. The van der Waals surface area contributed by atoms with Crippen molar-refractivity contribution in [2.75, 3.05) is 0 Å². The Labute approximate surface area is 121 Å². The van der Waals surface area contributed by atoms with E-state index in [4.69, 9.17) is 0 Å². The van der Waals surface area contributed by atoms with Gasteiger partial charge in [-0.05, 0) is 12.1 Å². The first kappa shape index (κ1) is 14.7. The van der Waals surface area contributed by atoms with Gasteiger partial charge in [-0.3, -0.25) is 10.1 Å². The van der Waals surface area contributed by atoms with E-state index in [9.17, 15) is 18.5 Å². The SMILES string of the molecule is O=[N+]([O-])c1cccc(/C=N\NS(=O)(=O)c2ccccc2)c1. The van der Waals surface area contributed by atoms with Crippen LogP contribution in [-0.4, -0.2) is 19.6 Å². The van der Waals surface area contributed by atoms with Crippen LogP contribution in [0.4, 0.5) is 5.69 Å². The number of nitro groups is 1. The maximum absolute atomic E-state index is 11.9. The van der Waals surface area contributed by atoms with Gasteiger partial charge in [0.15, 0.2) is 0 Å². The van der Waals surface area contributed by atoms with Gasteiger partial charge in [0.05, 0.1) is 16.0 Å². The summed E-state index contributed by atoms with van der Waals surface area (Å²) in [5.74, 6) is 0. The van der Waals surface area contributed by atoms with E-state index in [0.29, 0.717) is 5.56 Å². The largest absolute Gasteiger partial charge is 0.276 e. The van der Waals surface area contributed by atoms with Gasteiger partial charge in [0.2, 0.25) is 0 Å². The molecule has 8 heteroatoms. The van der Waals surface area contributed by atoms with Crippen LogP contribution in [0.2, 0.25) is 0 Å². The molecule has 0 aromatic heterocycles. The average Bonchev–Trinajstić information content (AvgIpc) is 2.48. The van der Waals surface area contributed by atoms with Gasteiger partial charge in [-0.1, -0.05) is 30.3 Å². The molecule has 2 rings (SSSR count). The van der Waals surface area contributed by atoms with E-state index in [1.807, 2.05) is 4.83 Å². The van der Waals surface area contributed by atoms with E-state index in [0.717, 1.165) is 0 Å². The molecule has 1 N–H and O–H groups in total. The van der Waals surface area contributed by atoms with E-state index in [2.05, 4.69) is 5.10 Å². The summed E-state index contributed by atoms with van der Waals surface area (Å²) < 4.78 is 23.7. The van der Waals surface area contributed by atoms with Gasteiger partial charge < -0.3 is 0 Å². The number of rotatable bonds is 5. The van der Waals surface area contributed by atoms with E-state index in [-0.39, 0.29) is 10.6 Å². The van der Waals surface area contributed by atoms with Crippen LogP contribution < -0.4 is 4.83 Å². The molecule has 0 heterocycles. The Morgan fingerprint density at radius 3 is 2.48 bits per heavy atom. The smallest absolute Gasteiger partial charge is 0.258 e. The minimum atomic E-state index is -3.74. The highest BCUT2D eigenvalue weighted by atomic mass is 32.2. The number of non-ortho nitro benzene ring substituents is 1. The maximum Gasteiger partial charge on any atom is 0.276 e. The second kappa shape index (κ2) is 6.14. The molecular weight excluding hydrogens is 294 g/mol. The fourth-order valence-corrected chi connectivity index (χ4v) is 2.35. The van der Waals surface area contributed by atoms with Crippen molar-refractivity contribution in [2.45, 2.75) is 4.90 Å². The van der Waals surface area contributed by atoms with Crippen LogP contribution in [0.15, 0.2) is 64.6 Å². The molecule has 108 valence electrons. The first-order chi connectivity index (χ1) is 9.99. The molecular formula is C13H11N3O4S. The predicted octanol–water partition coefficient (Wildman–Crippen LogP) is 1.91. The molecule has 0 saturated heterocycles. The van der Waals surface area contributed by atoms with Gasteiger partial charge in [0, 0.05) is 17.7 Å². The zero-order valence-corrected chi connectivity index (χ0v) is 11.5. The summed E-state index contributed by atoms with van der Waals surface area (Å²) in [5.41, 5.74) is 0.324. The summed E-state index contributed by atoms with van der Waals surface area (Å²) in [6, 6.07) is 13.5. The number of hydrazone groups is 1. The van der Waals surface area contributed by atoms with Crippen molar-refractivity contribution in [3.63, 3.8) is 0 Å². The Morgan fingerprint density at radius 1 is 1.10 bits per heavy atom. The fourth-order valence-electron chi connectivity index (χ4n) is 1.54. The molecule has 7 nitrogen and oxygen atoms in total. The summed E-state index contributed by atoms with van der Waals surface area (Å²) in [6.07, 6.45) is 1.20. The van der Waals surface area contributed by atoms with Crippen LogP contribution >= 0.6 is 0 Å². The van der Waals surface area contributed by atoms with Crippen molar-refractivity contribution in [2.24, 2.45) is 5.10 Å². The lowest BCUT2D eigenvalue weighted by atomic mass is 10.2. The lowest BCUT2D eigenvalue weighted by Gasteiger charge is -2.02. The summed E-state index contributed by atoms with van der Waals surface area (Å²) in [7, 11) is -3.74. The topological polar surface area (TPSA) is 102 Å². The third kappa shape index (κ3) is 3.86. The third-order valence-electron chi connectivity index (χ3n) is 2.52. The van der Waals surface area contributed by atoms with Crippen LogP contribution in [0.25, 0.3) is 0 Å².